The van der Waals surface area contributed by atoms with Gasteiger partial charge in [-0.25, -0.2) is 0 Å². The van der Waals surface area contributed by atoms with E-state index in [1.807, 2.05) is 12.3 Å². The normalized spacial score (nSPS) is 12.3. The van der Waals surface area contributed by atoms with Gasteiger partial charge in [0.2, 0.25) is 0 Å². The fraction of sp³-hybridized carbons (Fsp3) is 0.389. The van der Waals surface area contributed by atoms with Gasteiger partial charge in [-0.1, -0.05) is 31.2 Å². The molecule has 0 saturated heterocycles. The van der Waals surface area contributed by atoms with E-state index in [0.29, 0.717) is 6.04 Å². The lowest BCUT2D eigenvalue weighted by Crippen LogP contribution is -2.22. The number of rotatable bonds is 6. The molecule has 0 bridgehead atoms. The first-order chi connectivity index (χ1) is 9.72. The van der Waals surface area contributed by atoms with Gasteiger partial charge in [-0.3, -0.25) is 4.98 Å². The lowest BCUT2D eigenvalue weighted by Gasteiger charge is -2.21. The van der Waals surface area contributed by atoms with Crippen LogP contribution in [0.3, 0.4) is 0 Å². The van der Waals surface area contributed by atoms with Crippen molar-refractivity contribution in [3.63, 3.8) is 0 Å². The maximum Gasteiger partial charge on any atom is 0.0404 e. The molecule has 0 saturated carbocycles. The van der Waals surface area contributed by atoms with Crippen LogP contribution in [0.4, 0.5) is 0 Å². The van der Waals surface area contributed by atoms with Gasteiger partial charge in [-0.05, 0) is 62.1 Å². The Balaban J connectivity index is 2.12. The monoisotopic (exact) mass is 268 g/mol. The molecule has 0 amide bonds. The van der Waals surface area contributed by atoms with Crippen molar-refractivity contribution in [2.45, 2.75) is 39.7 Å². The number of hydrogen-bond acceptors (Lipinski definition) is 2. The van der Waals surface area contributed by atoms with Crippen molar-refractivity contribution in [3.05, 3.63) is 65.0 Å². The fourth-order valence-electron chi connectivity index (χ4n) is 2.60. The Labute approximate surface area is 122 Å². The van der Waals surface area contributed by atoms with Crippen LogP contribution >= 0.6 is 0 Å². The van der Waals surface area contributed by atoms with Crippen molar-refractivity contribution in [1.29, 1.82) is 0 Å². The quantitative estimate of drug-likeness (QED) is 0.857. The highest BCUT2D eigenvalue weighted by molar-refractivity contribution is 5.35. The van der Waals surface area contributed by atoms with Crippen molar-refractivity contribution in [2.24, 2.45) is 0 Å². The lowest BCUT2D eigenvalue weighted by atomic mass is 9.94. The van der Waals surface area contributed by atoms with Gasteiger partial charge in [0.05, 0.1) is 0 Å². The number of nitrogens with zero attached hydrogens (tertiary/aromatic N) is 1. The highest BCUT2D eigenvalue weighted by Gasteiger charge is 2.13. The molecular weight excluding hydrogens is 244 g/mol. The summed E-state index contributed by atoms with van der Waals surface area (Å²) in [5.74, 6) is 0. The summed E-state index contributed by atoms with van der Waals surface area (Å²) in [6.45, 7) is 7.55. The van der Waals surface area contributed by atoms with Crippen LogP contribution in [0.15, 0.2) is 42.6 Å². The van der Waals surface area contributed by atoms with E-state index >= 15 is 0 Å². The van der Waals surface area contributed by atoms with Gasteiger partial charge in [-0.2, -0.15) is 0 Å². The third-order valence-electron chi connectivity index (χ3n) is 3.89. The van der Waals surface area contributed by atoms with Gasteiger partial charge in [0.1, 0.15) is 0 Å². The first kappa shape index (κ1) is 14.7. The zero-order valence-electron chi connectivity index (χ0n) is 12.7. The molecule has 2 aromatic rings. The Morgan fingerprint density at radius 2 is 1.95 bits per heavy atom. The maximum atomic E-state index is 4.42. The molecule has 0 aliphatic carbocycles. The van der Waals surface area contributed by atoms with Gasteiger partial charge >= 0.3 is 0 Å². The summed E-state index contributed by atoms with van der Waals surface area (Å²) in [7, 11) is 0. The van der Waals surface area contributed by atoms with E-state index in [1.165, 1.54) is 22.4 Å². The molecule has 20 heavy (non-hydrogen) atoms. The Kier molecular flexibility index (Phi) is 5.31. The summed E-state index contributed by atoms with van der Waals surface area (Å²) in [6, 6.07) is 13.1. The number of hydrogen-bond donors (Lipinski definition) is 1. The first-order valence-corrected chi connectivity index (χ1v) is 7.41. The van der Waals surface area contributed by atoms with Crippen molar-refractivity contribution in [3.8, 4) is 0 Å². The van der Waals surface area contributed by atoms with Crippen molar-refractivity contribution >= 4 is 0 Å². The molecule has 0 spiro atoms. The summed E-state index contributed by atoms with van der Waals surface area (Å²) in [4.78, 5) is 4.42. The molecule has 0 radical (unpaired) electrons. The molecule has 106 valence electrons. The standard InChI is InChI=1S/C18H24N2/c1-4-19-18(12-11-16-9-5-6-13-20-16)17-10-7-8-14(2)15(17)3/h5-10,13,18-19H,4,11-12H2,1-3H3. The minimum Gasteiger partial charge on any atom is -0.310 e. The largest absolute Gasteiger partial charge is 0.310 e. The Hall–Kier alpha value is -1.67. The maximum absolute atomic E-state index is 4.42. The average molecular weight is 268 g/mol. The van der Waals surface area contributed by atoms with Crippen LogP contribution in [-0.2, 0) is 6.42 Å². The molecule has 2 nitrogen and oxygen atoms in total. The molecule has 1 heterocycles. The number of aromatic nitrogens is 1. The minimum atomic E-state index is 0.405. The van der Waals surface area contributed by atoms with E-state index in [9.17, 15) is 0 Å². The first-order valence-electron chi connectivity index (χ1n) is 7.41. The molecule has 2 heteroatoms. The van der Waals surface area contributed by atoms with E-state index in [4.69, 9.17) is 0 Å². The van der Waals surface area contributed by atoms with Gasteiger partial charge in [-0.15, -0.1) is 0 Å². The van der Waals surface area contributed by atoms with Crippen LogP contribution in [-0.4, -0.2) is 11.5 Å². The van der Waals surface area contributed by atoms with E-state index in [-0.39, 0.29) is 0 Å². The smallest absolute Gasteiger partial charge is 0.0404 e. The minimum absolute atomic E-state index is 0.405. The number of benzene rings is 1. The summed E-state index contributed by atoms with van der Waals surface area (Å²) in [5.41, 5.74) is 5.35. The molecule has 1 aromatic carbocycles. The predicted molar refractivity (Wildman–Crippen MR) is 84.9 cm³/mol. The second kappa shape index (κ2) is 7.20. The zero-order chi connectivity index (χ0) is 14.4. The molecule has 2 rings (SSSR count). The fourth-order valence-corrected chi connectivity index (χ4v) is 2.60. The van der Waals surface area contributed by atoms with Gasteiger partial charge < -0.3 is 5.32 Å². The van der Waals surface area contributed by atoms with Crippen LogP contribution in [0.1, 0.15) is 41.8 Å². The molecule has 1 atom stereocenters. The van der Waals surface area contributed by atoms with Crippen LogP contribution in [0, 0.1) is 13.8 Å². The van der Waals surface area contributed by atoms with E-state index in [1.54, 1.807) is 0 Å². The Bertz CT molecular complexity index is 534. The van der Waals surface area contributed by atoms with E-state index < -0.39 is 0 Å². The van der Waals surface area contributed by atoms with Crippen LogP contribution in [0.25, 0.3) is 0 Å². The zero-order valence-corrected chi connectivity index (χ0v) is 12.7. The second-order valence-corrected chi connectivity index (χ2v) is 5.26. The number of nitrogens with one attached hydrogen (secondary N) is 1. The molecule has 1 unspecified atom stereocenters. The van der Waals surface area contributed by atoms with Crippen LogP contribution < -0.4 is 5.32 Å². The summed E-state index contributed by atoms with van der Waals surface area (Å²) in [5, 5.41) is 3.61. The number of aryl methyl sites for hydroxylation is 2. The van der Waals surface area contributed by atoms with Crippen LogP contribution in [0.2, 0.25) is 0 Å². The topological polar surface area (TPSA) is 24.9 Å². The highest BCUT2D eigenvalue weighted by atomic mass is 14.9. The SMILES string of the molecule is CCNC(CCc1ccccn1)c1cccc(C)c1C. The lowest BCUT2D eigenvalue weighted by molar-refractivity contribution is 0.510. The van der Waals surface area contributed by atoms with E-state index in [2.05, 4.69) is 61.4 Å². The van der Waals surface area contributed by atoms with Gasteiger partial charge in [0.15, 0.2) is 0 Å². The van der Waals surface area contributed by atoms with Crippen LogP contribution in [0.5, 0.6) is 0 Å². The third-order valence-corrected chi connectivity index (χ3v) is 3.89. The molecular formula is C18H24N2. The summed E-state index contributed by atoms with van der Waals surface area (Å²) >= 11 is 0. The molecule has 1 N–H and O–H groups in total. The molecule has 0 aliphatic rings. The number of pyridine rings is 1. The Morgan fingerprint density at radius 3 is 2.65 bits per heavy atom. The highest BCUT2D eigenvalue weighted by Crippen LogP contribution is 2.24. The van der Waals surface area contributed by atoms with Crippen molar-refractivity contribution < 1.29 is 0 Å². The van der Waals surface area contributed by atoms with Gasteiger partial charge in [0.25, 0.3) is 0 Å². The van der Waals surface area contributed by atoms with Crippen molar-refractivity contribution in [2.75, 3.05) is 6.54 Å². The average Bonchev–Trinajstić information content (AvgIpc) is 2.48. The molecule has 0 fully saturated rings. The Morgan fingerprint density at radius 1 is 1.10 bits per heavy atom. The second-order valence-electron chi connectivity index (χ2n) is 5.26. The summed E-state index contributed by atoms with van der Waals surface area (Å²) in [6.07, 6.45) is 3.95. The van der Waals surface area contributed by atoms with Gasteiger partial charge in [0, 0.05) is 17.9 Å². The van der Waals surface area contributed by atoms with E-state index in [0.717, 1.165) is 19.4 Å². The molecule has 1 aromatic heterocycles. The summed E-state index contributed by atoms with van der Waals surface area (Å²) < 4.78 is 0. The molecule has 0 aliphatic heterocycles. The van der Waals surface area contributed by atoms with Crippen molar-refractivity contribution in [1.82, 2.24) is 10.3 Å². The predicted octanol–water partition coefficient (Wildman–Crippen LogP) is 3.98. The third kappa shape index (κ3) is 3.67.